The SMILES string of the molecule is CCCCS(=O)(=O)c1ccc(C=Cc2ccc(N(C)CCO)cc2)cc1. The van der Waals surface area contributed by atoms with Gasteiger partial charge < -0.3 is 10.0 Å². The van der Waals surface area contributed by atoms with Crippen LogP contribution in [0.4, 0.5) is 5.69 Å². The largest absolute Gasteiger partial charge is 0.395 e. The fourth-order valence-electron chi connectivity index (χ4n) is 2.55. The molecule has 0 aromatic heterocycles. The number of nitrogens with zero attached hydrogens (tertiary/aromatic N) is 1. The van der Waals surface area contributed by atoms with Gasteiger partial charge in [-0.15, -0.1) is 0 Å². The van der Waals surface area contributed by atoms with Crippen molar-refractivity contribution in [1.29, 1.82) is 0 Å². The highest BCUT2D eigenvalue weighted by Crippen LogP contribution is 2.17. The van der Waals surface area contributed by atoms with Crippen molar-refractivity contribution in [3.8, 4) is 0 Å². The van der Waals surface area contributed by atoms with Gasteiger partial charge in [-0.1, -0.05) is 49.8 Å². The molecule has 2 aromatic carbocycles. The standard InChI is InChI=1S/C21H27NO3S/c1-3-4-17-26(24,25)21-13-9-19(10-14-21)6-5-18-7-11-20(12-8-18)22(2)15-16-23/h5-14,23H,3-4,15-17H2,1-2H3. The summed E-state index contributed by atoms with van der Waals surface area (Å²) in [5, 5.41) is 8.98. The van der Waals surface area contributed by atoms with Crippen LogP contribution in [0.15, 0.2) is 53.4 Å². The number of aliphatic hydroxyl groups is 1. The highest BCUT2D eigenvalue weighted by molar-refractivity contribution is 7.91. The van der Waals surface area contributed by atoms with Gasteiger partial charge in [-0.2, -0.15) is 0 Å². The predicted octanol–water partition coefficient (Wildman–Crippen LogP) is 3.86. The minimum absolute atomic E-state index is 0.127. The maximum atomic E-state index is 12.2. The van der Waals surface area contributed by atoms with Gasteiger partial charge in [0, 0.05) is 19.3 Å². The quantitative estimate of drug-likeness (QED) is 0.678. The minimum Gasteiger partial charge on any atom is -0.395 e. The van der Waals surface area contributed by atoms with E-state index in [1.54, 1.807) is 12.1 Å². The van der Waals surface area contributed by atoms with Crippen LogP contribution in [-0.4, -0.2) is 39.5 Å². The van der Waals surface area contributed by atoms with Crippen LogP contribution in [0.25, 0.3) is 12.2 Å². The average molecular weight is 374 g/mol. The van der Waals surface area contributed by atoms with Crippen LogP contribution in [0.2, 0.25) is 0 Å². The van der Waals surface area contributed by atoms with E-state index in [0.29, 0.717) is 17.9 Å². The fourth-order valence-corrected chi connectivity index (χ4v) is 4.01. The molecule has 0 bridgehead atoms. The molecule has 1 N–H and O–H groups in total. The van der Waals surface area contributed by atoms with Gasteiger partial charge in [-0.25, -0.2) is 8.42 Å². The van der Waals surface area contributed by atoms with Crippen molar-refractivity contribution in [1.82, 2.24) is 0 Å². The zero-order valence-corrected chi connectivity index (χ0v) is 16.2. The molecule has 5 heteroatoms. The van der Waals surface area contributed by atoms with Crippen molar-refractivity contribution in [2.45, 2.75) is 24.7 Å². The molecule has 0 radical (unpaired) electrons. The molecule has 2 aromatic rings. The smallest absolute Gasteiger partial charge is 0.178 e. The molecule has 0 aliphatic heterocycles. The summed E-state index contributed by atoms with van der Waals surface area (Å²) in [4.78, 5) is 2.38. The normalized spacial score (nSPS) is 11.8. The fraction of sp³-hybridized carbons (Fsp3) is 0.333. The Hall–Kier alpha value is -2.11. The van der Waals surface area contributed by atoms with E-state index >= 15 is 0 Å². The van der Waals surface area contributed by atoms with E-state index in [2.05, 4.69) is 0 Å². The van der Waals surface area contributed by atoms with E-state index < -0.39 is 9.84 Å². The Kier molecular flexibility index (Phi) is 7.42. The molecule has 4 nitrogen and oxygen atoms in total. The molecule has 0 heterocycles. The van der Waals surface area contributed by atoms with Gasteiger partial charge in [0.05, 0.1) is 17.3 Å². The lowest BCUT2D eigenvalue weighted by Gasteiger charge is -2.17. The highest BCUT2D eigenvalue weighted by atomic mass is 32.2. The summed E-state index contributed by atoms with van der Waals surface area (Å²) < 4.78 is 24.4. The summed E-state index contributed by atoms with van der Waals surface area (Å²) in [7, 11) is -1.23. The molecule has 0 aliphatic carbocycles. The Labute approximate surface area is 156 Å². The number of benzene rings is 2. The summed E-state index contributed by atoms with van der Waals surface area (Å²) in [6, 6.07) is 15.1. The van der Waals surface area contributed by atoms with Crippen molar-refractivity contribution >= 4 is 27.7 Å². The topological polar surface area (TPSA) is 57.6 Å². The first kappa shape index (κ1) is 20.2. The van der Waals surface area contributed by atoms with Gasteiger partial charge in [-0.3, -0.25) is 0 Å². The van der Waals surface area contributed by atoms with Gasteiger partial charge in [0.2, 0.25) is 0 Å². The summed E-state index contributed by atoms with van der Waals surface area (Å²) >= 11 is 0. The van der Waals surface area contributed by atoms with E-state index in [4.69, 9.17) is 5.11 Å². The van der Waals surface area contributed by atoms with Crippen LogP contribution in [0.1, 0.15) is 30.9 Å². The lowest BCUT2D eigenvalue weighted by molar-refractivity contribution is 0.304. The van der Waals surface area contributed by atoms with E-state index in [1.807, 2.05) is 67.4 Å². The summed E-state index contributed by atoms with van der Waals surface area (Å²) in [5.74, 6) is 0.204. The number of aliphatic hydroxyl groups excluding tert-OH is 1. The molecule has 0 fully saturated rings. The molecule has 0 spiro atoms. The van der Waals surface area contributed by atoms with Gasteiger partial charge in [0.15, 0.2) is 9.84 Å². The first-order chi connectivity index (χ1) is 12.5. The molecule has 0 amide bonds. The van der Waals surface area contributed by atoms with Crippen molar-refractivity contribution in [2.75, 3.05) is 30.9 Å². The molecule has 0 atom stereocenters. The van der Waals surface area contributed by atoms with Crippen LogP contribution in [0, 0.1) is 0 Å². The number of hydrogen-bond acceptors (Lipinski definition) is 4. The third kappa shape index (κ3) is 5.71. The van der Waals surface area contributed by atoms with Crippen molar-refractivity contribution in [2.24, 2.45) is 0 Å². The molecule has 0 saturated heterocycles. The van der Waals surface area contributed by atoms with E-state index in [0.717, 1.165) is 23.2 Å². The molecular formula is C21H27NO3S. The Bertz CT molecular complexity index is 809. The van der Waals surface area contributed by atoms with E-state index in [1.165, 1.54) is 0 Å². The number of unbranched alkanes of at least 4 members (excludes halogenated alkanes) is 1. The molecule has 0 saturated carbocycles. The number of rotatable bonds is 9. The lowest BCUT2D eigenvalue weighted by atomic mass is 10.1. The Morgan fingerprint density at radius 2 is 1.50 bits per heavy atom. The second-order valence-electron chi connectivity index (χ2n) is 6.31. The number of sulfone groups is 1. The first-order valence-corrected chi connectivity index (χ1v) is 10.5. The van der Waals surface area contributed by atoms with Crippen LogP contribution in [0.3, 0.4) is 0 Å². The average Bonchev–Trinajstić information content (AvgIpc) is 2.66. The summed E-state index contributed by atoms with van der Waals surface area (Å²) in [6.07, 6.45) is 5.52. The Balaban J connectivity index is 2.04. The van der Waals surface area contributed by atoms with E-state index in [9.17, 15) is 8.42 Å². The van der Waals surface area contributed by atoms with Crippen LogP contribution in [-0.2, 0) is 9.84 Å². The minimum atomic E-state index is -3.17. The van der Waals surface area contributed by atoms with Crippen molar-refractivity contribution in [3.63, 3.8) is 0 Å². The maximum absolute atomic E-state index is 12.2. The molecule has 140 valence electrons. The second-order valence-corrected chi connectivity index (χ2v) is 8.42. The third-order valence-electron chi connectivity index (χ3n) is 4.24. The number of likely N-dealkylation sites (N-methyl/N-ethyl adjacent to an activating group) is 1. The predicted molar refractivity (Wildman–Crippen MR) is 109 cm³/mol. The molecule has 0 aliphatic rings. The van der Waals surface area contributed by atoms with Crippen LogP contribution >= 0.6 is 0 Å². The first-order valence-electron chi connectivity index (χ1n) is 8.89. The molecular weight excluding hydrogens is 346 g/mol. The molecule has 0 unspecified atom stereocenters. The van der Waals surface area contributed by atoms with Crippen LogP contribution < -0.4 is 4.90 Å². The summed E-state index contributed by atoms with van der Waals surface area (Å²) in [5.41, 5.74) is 3.07. The highest BCUT2D eigenvalue weighted by Gasteiger charge is 2.12. The van der Waals surface area contributed by atoms with E-state index in [-0.39, 0.29) is 12.4 Å². The van der Waals surface area contributed by atoms with Crippen molar-refractivity contribution < 1.29 is 13.5 Å². The zero-order valence-electron chi connectivity index (χ0n) is 15.4. The third-order valence-corrected chi connectivity index (χ3v) is 6.06. The number of hydrogen-bond donors (Lipinski definition) is 1. The van der Waals surface area contributed by atoms with Gasteiger partial charge in [0.1, 0.15) is 0 Å². The zero-order chi connectivity index (χ0) is 19.0. The second kappa shape index (κ2) is 9.55. The summed E-state index contributed by atoms with van der Waals surface area (Å²) in [6.45, 7) is 2.71. The Morgan fingerprint density at radius 3 is 2.00 bits per heavy atom. The van der Waals surface area contributed by atoms with Crippen molar-refractivity contribution in [3.05, 3.63) is 59.7 Å². The molecule has 26 heavy (non-hydrogen) atoms. The maximum Gasteiger partial charge on any atom is 0.178 e. The monoisotopic (exact) mass is 373 g/mol. The van der Waals surface area contributed by atoms with Gasteiger partial charge >= 0.3 is 0 Å². The van der Waals surface area contributed by atoms with Crippen LogP contribution in [0.5, 0.6) is 0 Å². The number of anilines is 1. The molecule has 2 rings (SSSR count). The lowest BCUT2D eigenvalue weighted by Crippen LogP contribution is -2.20. The Morgan fingerprint density at radius 1 is 0.962 bits per heavy atom. The van der Waals surface area contributed by atoms with Gasteiger partial charge in [-0.05, 0) is 41.8 Å². The van der Waals surface area contributed by atoms with Gasteiger partial charge in [0.25, 0.3) is 0 Å².